The summed E-state index contributed by atoms with van der Waals surface area (Å²) in [6.07, 6.45) is 2.21. The maximum Gasteiger partial charge on any atom is 0.138 e. The first kappa shape index (κ1) is 14.7. The van der Waals surface area contributed by atoms with Crippen LogP contribution in [0.5, 0.6) is 0 Å². The quantitative estimate of drug-likeness (QED) is 0.873. The molecule has 4 heteroatoms. The smallest absolute Gasteiger partial charge is 0.138 e. The third-order valence-corrected chi connectivity index (χ3v) is 2.71. The summed E-state index contributed by atoms with van der Waals surface area (Å²) in [6, 6.07) is 1.88. The fraction of sp³-hybridized carbons (Fsp3) is 0.714. The van der Waals surface area contributed by atoms with Gasteiger partial charge in [-0.05, 0) is 12.8 Å². The fourth-order valence-corrected chi connectivity index (χ4v) is 1.83. The second-order valence-corrected chi connectivity index (χ2v) is 5.71. The third kappa shape index (κ3) is 3.86. The summed E-state index contributed by atoms with van der Waals surface area (Å²) in [4.78, 5) is 11.3. The average molecular weight is 250 g/mol. The third-order valence-electron chi connectivity index (χ3n) is 2.71. The van der Waals surface area contributed by atoms with Crippen LogP contribution in [0.2, 0.25) is 0 Å². The van der Waals surface area contributed by atoms with Crippen molar-refractivity contribution in [1.29, 1.82) is 0 Å². The molecular formula is C14H26N4. The minimum absolute atomic E-state index is 0.0752. The van der Waals surface area contributed by atoms with Crippen molar-refractivity contribution in [1.82, 2.24) is 9.97 Å². The Morgan fingerprint density at radius 2 is 1.67 bits per heavy atom. The molecule has 0 amide bonds. The summed E-state index contributed by atoms with van der Waals surface area (Å²) >= 11 is 0. The van der Waals surface area contributed by atoms with Gasteiger partial charge in [0.15, 0.2) is 0 Å². The highest BCUT2D eigenvalue weighted by Crippen LogP contribution is 2.23. The Balaban J connectivity index is 3.10. The number of hydrogen-bond donors (Lipinski definition) is 1. The number of rotatable bonds is 5. The van der Waals surface area contributed by atoms with Crippen LogP contribution in [0.15, 0.2) is 6.07 Å². The predicted octanol–water partition coefficient (Wildman–Crippen LogP) is 2.98. The van der Waals surface area contributed by atoms with Crippen molar-refractivity contribution in [3.8, 4) is 0 Å². The average Bonchev–Trinajstić information content (AvgIpc) is 2.27. The molecule has 0 radical (unpaired) electrons. The molecule has 0 spiro atoms. The Morgan fingerprint density at radius 1 is 1.11 bits per heavy atom. The summed E-state index contributed by atoms with van der Waals surface area (Å²) in [6.45, 7) is 12.7. The Bertz CT molecular complexity index is 376. The predicted molar refractivity (Wildman–Crippen MR) is 77.9 cm³/mol. The van der Waals surface area contributed by atoms with Crippen molar-refractivity contribution in [2.75, 3.05) is 23.7 Å². The van der Waals surface area contributed by atoms with Crippen molar-refractivity contribution in [3.63, 3.8) is 0 Å². The molecule has 2 N–H and O–H groups in total. The van der Waals surface area contributed by atoms with Gasteiger partial charge in [-0.3, -0.25) is 0 Å². The van der Waals surface area contributed by atoms with Crippen LogP contribution in [0.4, 0.5) is 11.6 Å². The van der Waals surface area contributed by atoms with Gasteiger partial charge < -0.3 is 10.6 Å². The van der Waals surface area contributed by atoms with E-state index in [0.29, 0.717) is 5.82 Å². The molecule has 0 aliphatic heterocycles. The maximum absolute atomic E-state index is 5.91. The molecule has 0 aliphatic carbocycles. The lowest BCUT2D eigenvalue weighted by Gasteiger charge is -2.25. The van der Waals surface area contributed by atoms with Gasteiger partial charge in [-0.25, -0.2) is 9.97 Å². The van der Waals surface area contributed by atoms with Crippen LogP contribution in [0.25, 0.3) is 0 Å². The molecule has 0 bridgehead atoms. The number of nitrogens with zero attached hydrogens (tertiary/aromatic N) is 3. The first-order chi connectivity index (χ1) is 8.38. The van der Waals surface area contributed by atoms with Crippen LogP contribution >= 0.6 is 0 Å². The Hall–Kier alpha value is -1.32. The number of aromatic nitrogens is 2. The molecule has 1 rings (SSSR count). The highest BCUT2D eigenvalue weighted by atomic mass is 15.2. The highest BCUT2D eigenvalue weighted by molar-refractivity contribution is 5.47. The fourth-order valence-electron chi connectivity index (χ4n) is 1.83. The van der Waals surface area contributed by atoms with Crippen LogP contribution in [-0.4, -0.2) is 23.1 Å². The molecular weight excluding hydrogens is 224 g/mol. The molecule has 0 aliphatic rings. The van der Waals surface area contributed by atoms with Crippen molar-refractivity contribution < 1.29 is 0 Å². The SMILES string of the molecule is CCCN(CCC)c1cc(N)nc(C(C)(C)C)n1. The molecule has 0 unspecified atom stereocenters. The molecule has 0 fully saturated rings. The van der Waals surface area contributed by atoms with E-state index in [1.54, 1.807) is 0 Å². The van der Waals surface area contributed by atoms with Crippen molar-refractivity contribution in [3.05, 3.63) is 11.9 Å². The summed E-state index contributed by atoms with van der Waals surface area (Å²) in [5, 5.41) is 0. The van der Waals surface area contributed by atoms with E-state index in [-0.39, 0.29) is 5.41 Å². The molecule has 1 heterocycles. The van der Waals surface area contributed by atoms with Crippen molar-refractivity contribution in [2.24, 2.45) is 0 Å². The number of nitrogen functional groups attached to an aromatic ring is 1. The number of anilines is 2. The molecule has 102 valence electrons. The van der Waals surface area contributed by atoms with E-state index in [2.05, 4.69) is 49.5 Å². The minimum Gasteiger partial charge on any atom is -0.384 e. The van der Waals surface area contributed by atoms with Gasteiger partial charge in [0.2, 0.25) is 0 Å². The van der Waals surface area contributed by atoms with Crippen molar-refractivity contribution in [2.45, 2.75) is 52.9 Å². The van der Waals surface area contributed by atoms with E-state index in [0.717, 1.165) is 37.6 Å². The summed E-state index contributed by atoms with van der Waals surface area (Å²) in [5.74, 6) is 2.33. The number of hydrogen-bond acceptors (Lipinski definition) is 4. The topological polar surface area (TPSA) is 55.0 Å². The van der Waals surface area contributed by atoms with Gasteiger partial charge in [-0.1, -0.05) is 34.6 Å². The zero-order valence-electron chi connectivity index (χ0n) is 12.3. The summed E-state index contributed by atoms with van der Waals surface area (Å²) in [7, 11) is 0. The van der Waals surface area contributed by atoms with Crippen molar-refractivity contribution >= 4 is 11.6 Å². The molecule has 18 heavy (non-hydrogen) atoms. The van der Waals surface area contributed by atoms with Crippen LogP contribution in [0, 0.1) is 0 Å². The molecule has 1 aromatic heterocycles. The minimum atomic E-state index is -0.0752. The largest absolute Gasteiger partial charge is 0.384 e. The highest BCUT2D eigenvalue weighted by Gasteiger charge is 2.20. The van der Waals surface area contributed by atoms with Gasteiger partial charge in [0, 0.05) is 24.6 Å². The lowest BCUT2D eigenvalue weighted by atomic mass is 9.96. The zero-order valence-corrected chi connectivity index (χ0v) is 12.3. The second-order valence-electron chi connectivity index (χ2n) is 5.71. The van der Waals surface area contributed by atoms with E-state index < -0.39 is 0 Å². The lowest BCUT2D eigenvalue weighted by Crippen LogP contribution is -2.28. The first-order valence-corrected chi connectivity index (χ1v) is 6.78. The summed E-state index contributed by atoms with van der Waals surface area (Å²) < 4.78 is 0. The van der Waals surface area contributed by atoms with E-state index >= 15 is 0 Å². The molecule has 0 saturated carbocycles. The van der Waals surface area contributed by atoms with Gasteiger partial charge in [0.1, 0.15) is 17.5 Å². The standard InChI is InChI=1S/C14H26N4/c1-6-8-18(9-7-2)12-10-11(15)16-13(17-12)14(3,4)5/h10H,6-9H2,1-5H3,(H2,15,16,17). The van der Waals surface area contributed by atoms with E-state index in [1.165, 1.54) is 0 Å². The van der Waals surface area contributed by atoms with E-state index in [9.17, 15) is 0 Å². The first-order valence-electron chi connectivity index (χ1n) is 6.78. The van der Waals surface area contributed by atoms with E-state index in [4.69, 9.17) is 5.73 Å². The maximum atomic E-state index is 5.91. The van der Waals surface area contributed by atoms with Gasteiger partial charge in [0.05, 0.1) is 0 Å². The Morgan fingerprint density at radius 3 is 2.11 bits per heavy atom. The van der Waals surface area contributed by atoms with E-state index in [1.807, 2.05) is 6.07 Å². The Kier molecular flexibility index (Phi) is 4.93. The molecule has 4 nitrogen and oxygen atoms in total. The van der Waals surface area contributed by atoms with Crippen LogP contribution < -0.4 is 10.6 Å². The van der Waals surface area contributed by atoms with Crippen LogP contribution in [0.3, 0.4) is 0 Å². The molecule has 0 atom stereocenters. The van der Waals surface area contributed by atoms with Gasteiger partial charge >= 0.3 is 0 Å². The number of nitrogens with two attached hydrogens (primary N) is 1. The molecule has 1 aromatic rings. The van der Waals surface area contributed by atoms with Gasteiger partial charge in [-0.2, -0.15) is 0 Å². The van der Waals surface area contributed by atoms with Crippen LogP contribution in [0.1, 0.15) is 53.3 Å². The normalized spacial score (nSPS) is 11.6. The lowest BCUT2D eigenvalue weighted by molar-refractivity contribution is 0.544. The Labute approximate surface area is 111 Å². The molecule has 0 aromatic carbocycles. The van der Waals surface area contributed by atoms with Gasteiger partial charge in [-0.15, -0.1) is 0 Å². The zero-order chi connectivity index (χ0) is 13.8. The molecule has 0 saturated heterocycles. The monoisotopic (exact) mass is 250 g/mol. The summed E-state index contributed by atoms with van der Waals surface area (Å²) in [5.41, 5.74) is 5.83. The van der Waals surface area contributed by atoms with Crippen LogP contribution in [-0.2, 0) is 5.41 Å². The van der Waals surface area contributed by atoms with Gasteiger partial charge in [0.25, 0.3) is 0 Å². The second kappa shape index (κ2) is 6.03.